The van der Waals surface area contributed by atoms with E-state index in [1.807, 2.05) is 0 Å². The van der Waals surface area contributed by atoms with Gasteiger partial charge in [0.2, 0.25) is 0 Å². The molecule has 5 aromatic heterocycles. The van der Waals surface area contributed by atoms with Crippen LogP contribution in [0.25, 0.3) is 182 Å². The van der Waals surface area contributed by atoms with E-state index in [4.69, 9.17) is 17.7 Å². The molecule has 0 saturated heterocycles. The monoisotopic (exact) mass is 1680 g/mol. The van der Waals surface area contributed by atoms with Gasteiger partial charge in [-0.2, -0.15) is 0 Å². The first kappa shape index (κ1) is 78.9. The molecule has 0 unspecified atom stereocenters. The molecule has 0 atom stereocenters. The Hall–Kier alpha value is -14.6. The lowest BCUT2D eigenvalue weighted by atomic mass is 9.33. The highest BCUT2D eigenvalue weighted by molar-refractivity contribution is 7.00. The summed E-state index contributed by atoms with van der Waals surface area (Å²) in [5.41, 5.74) is 37.9. The molecule has 2 aliphatic rings. The maximum absolute atomic E-state index is 7.01. The lowest BCUT2D eigenvalue weighted by Crippen LogP contribution is -2.61. The largest absolute Gasteiger partial charge is 0.456 e. The third-order valence-corrected chi connectivity index (χ3v) is 28.1. The molecule has 0 radical (unpaired) electrons. The number of benzene rings is 17. The van der Waals surface area contributed by atoms with Gasteiger partial charge in [-0.05, 0) is 231 Å². The molecule has 0 bridgehead atoms. The maximum atomic E-state index is 7.01. The molecule has 24 rings (SSSR count). The zero-order valence-electron chi connectivity index (χ0n) is 76.3. The highest BCUT2D eigenvalue weighted by atomic mass is 16.3. The summed E-state index contributed by atoms with van der Waals surface area (Å²) in [6, 6.07) is 126. The van der Waals surface area contributed by atoms with Crippen molar-refractivity contribution in [1.82, 2.24) is 4.57 Å². The van der Waals surface area contributed by atoms with Crippen LogP contribution in [0.4, 0.5) is 34.1 Å². The van der Waals surface area contributed by atoms with Gasteiger partial charge in [-0.1, -0.05) is 322 Å². The van der Waals surface area contributed by atoms with E-state index in [-0.39, 0.29) is 27.1 Å². The lowest BCUT2D eigenvalue weighted by molar-refractivity contribution is 0.568. The van der Waals surface area contributed by atoms with Crippen molar-refractivity contribution in [2.45, 2.75) is 131 Å². The van der Waals surface area contributed by atoms with Crippen molar-refractivity contribution in [3.8, 4) is 72.4 Å². The summed E-state index contributed by atoms with van der Waals surface area (Å²) in [5.74, 6) is 0. The van der Waals surface area contributed by atoms with Gasteiger partial charge in [-0.3, -0.25) is 0 Å². The lowest BCUT2D eigenvalue weighted by Gasteiger charge is -2.46. The number of furan rings is 4. The number of anilines is 6. The van der Waals surface area contributed by atoms with Crippen LogP contribution < -0.4 is 26.2 Å². The minimum atomic E-state index is -0.423. The summed E-state index contributed by atoms with van der Waals surface area (Å²) in [4.78, 5) is 5.39. The van der Waals surface area contributed by atoms with Gasteiger partial charge < -0.3 is 32.0 Å². The molecule has 0 spiro atoms. The predicted octanol–water partition coefficient (Wildman–Crippen LogP) is 33.0. The third kappa shape index (κ3) is 12.6. The van der Waals surface area contributed by atoms with Crippen LogP contribution in [0.1, 0.15) is 132 Å². The molecule has 22 aromatic rings. The van der Waals surface area contributed by atoms with Crippen molar-refractivity contribution < 1.29 is 17.7 Å². The van der Waals surface area contributed by atoms with Crippen molar-refractivity contribution in [2.75, 3.05) is 9.80 Å². The van der Waals surface area contributed by atoms with E-state index in [9.17, 15) is 0 Å². The van der Waals surface area contributed by atoms with E-state index in [0.717, 1.165) is 200 Å². The van der Waals surface area contributed by atoms with Gasteiger partial charge in [-0.25, -0.2) is 0 Å². The van der Waals surface area contributed by atoms with Gasteiger partial charge in [0.05, 0.1) is 28.1 Å². The quantitative estimate of drug-likeness (QED) is 0.134. The van der Waals surface area contributed by atoms with Crippen molar-refractivity contribution in [2.24, 2.45) is 0 Å². The molecule has 17 aromatic carbocycles. The second kappa shape index (κ2) is 28.5. The van der Waals surface area contributed by atoms with Gasteiger partial charge in [0.15, 0.2) is 0 Å². The standard InChI is InChI=1S/C122H100BN3O4/c1-118(2,3)79-48-55-102-98(68-79)89-28-16-21-37-101(89)124(102)84-69-105-115-106(70-84)126(117-87(75-44-51-96-92-31-19-24-40-109(92)129-113(96)64-75)35-27-36-88(117)76-45-52-97-93-32-20-25-41-110(93)130-114(97)65-76)104-54-47-72(78-58-82(121(10,11)12)67-83(59-78)122(13,14)15)61-100(104)123(115)99-60-71(77-56-80(119(4,5)6)66-81(57-77)120(7,8)9)46-53-103(99)125(105)116-85(73-42-49-94-90-29-17-22-38-107(90)127-111(94)62-73)33-26-34-86(116)74-43-50-95-91-30-18-23-39-108(91)128-112(95)63-74/h16-70H,1-15H3. The molecular formula is C122H100BN3O4. The zero-order valence-corrected chi connectivity index (χ0v) is 76.3. The average Bonchev–Trinajstić information content (AvgIpc) is 0.837. The van der Waals surface area contributed by atoms with Gasteiger partial charge in [0, 0.05) is 98.9 Å². The number of hydrogen-bond acceptors (Lipinski definition) is 6. The Morgan fingerprint density at radius 1 is 0.208 bits per heavy atom. The van der Waals surface area contributed by atoms with Crippen LogP contribution in [0.5, 0.6) is 0 Å². The molecule has 0 amide bonds. The van der Waals surface area contributed by atoms with Crippen molar-refractivity contribution >= 4 is 167 Å². The van der Waals surface area contributed by atoms with E-state index in [2.05, 4.69) is 452 Å². The van der Waals surface area contributed by atoms with Crippen molar-refractivity contribution in [3.05, 3.63) is 361 Å². The average molecular weight is 1680 g/mol. The van der Waals surface area contributed by atoms with Crippen LogP contribution >= 0.6 is 0 Å². The van der Waals surface area contributed by atoms with Crippen LogP contribution in [-0.4, -0.2) is 11.3 Å². The second-order valence-corrected chi connectivity index (χ2v) is 41.6. The smallest absolute Gasteiger partial charge is 0.252 e. The number of rotatable bonds is 9. The second-order valence-electron chi connectivity index (χ2n) is 41.6. The molecule has 7 heterocycles. The highest BCUT2D eigenvalue weighted by Crippen LogP contribution is 2.57. The van der Waals surface area contributed by atoms with E-state index in [1.54, 1.807) is 0 Å². The number of nitrogens with zero attached hydrogens (tertiary/aromatic N) is 3. The summed E-state index contributed by atoms with van der Waals surface area (Å²) in [6.45, 7) is 34.8. The Labute approximate surface area is 758 Å². The molecule has 0 aliphatic carbocycles. The van der Waals surface area contributed by atoms with Gasteiger partial charge in [0.1, 0.15) is 44.7 Å². The van der Waals surface area contributed by atoms with E-state index >= 15 is 0 Å². The minimum absolute atomic E-state index is 0.137. The summed E-state index contributed by atoms with van der Waals surface area (Å²) >= 11 is 0. The zero-order chi connectivity index (χ0) is 88.7. The van der Waals surface area contributed by atoms with E-state index in [0.29, 0.717) is 0 Å². The Bertz CT molecular complexity index is 7790. The number of aromatic nitrogens is 1. The summed E-state index contributed by atoms with van der Waals surface area (Å²) in [5, 5.41) is 10.9. The molecule has 2 aliphatic heterocycles. The fourth-order valence-corrected chi connectivity index (χ4v) is 21.1. The normalized spacial score (nSPS) is 13.3. The number of para-hydroxylation sites is 7. The summed E-state index contributed by atoms with van der Waals surface area (Å²) < 4.78 is 30.6. The fourth-order valence-electron chi connectivity index (χ4n) is 21.1. The van der Waals surface area contributed by atoms with Gasteiger partial charge in [-0.15, -0.1) is 0 Å². The van der Waals surface area contributed by atoms with E-state index in [1.165, 1.54) is 60.6 Å². The molecule has 7 nitrogen and oxygen atoms in total. The Morgan fingerprint density at radius 2 is 0.515 bits per heavy atom. The molecule has 130 heavy (non-hydrogen) atoms. The fraction of sp³-hybridized carbons (Fsp3) is 0.164. The Balaban J connectivity index is 0.893. The summed E-state index contributed by atoms with van der Waals surface area (Å²) in [7, 11) is 0. The van der Waals surface area contributed by atoms with Crippen molar-refractivity contribution in [1.29, 1.82) is 0 Å². The number of hydrogen-bond donors (Lipinski definition) is 0. The van der Waals surface area contributed by atoms with Crippen LogP contribution in [0, 0.1) is 0 Å². The maximum Gasteiger partial charge on any atom is 0.252 e. The van der Waals surface area contributed by atoms with Gasteiger partial charge >= 0.3 is 0 Å². The summed E-state index contributed by atoms with van der Waals surface area (Å²) in [6.07, 6.45) is 0. The van der Waals surface area contributed by atoms with Crippen molar-refractivity contribution in [3.63, 3.8) is 0 Å². The minimum Gasteiger partial charge on any atom is -0.456 e. The highest BCUT2D eigenvalue weighted by Gasteiger charge is 2.47. The first-order valence-corrected chi connectivity index (χ1v) is 45.9. The van der Waals surface area contributed by atoms with Gasteiger partial charge in [0.25, 0.3) is 6.71 Å². The number of fused-ring (bicyclic) bond motifs is 19. The van der Waals surface area contributed by atoms with Crippen LogP contribution in [0.2, 0.25) is 0 Å². The SMILES string of the molecule is CC(C)(C)c1cc(-c2ccc3c(c2)B2c4cc(-c5cc(C(C)(C)C)cc(C(C)(C)C)c5)ccc4N(c4c(-c5ccc6c(c5)oc5ccccc56)cccc4-c4ccc5c(c4)oc4ccccc45)c4cc(-n5c6ccccc6c6cc(C(C)(C)C)ccc65)cc(c42)N3c2c(-c3ccc4c(c3)oc3ccccc34)cccc2-c2ccc3c(c2)oc2ccccc23)cc(C(C)(C)C)c1. The Morgan fingerprint density at radius 3 is 0.862 bits per heavy atom. The topological polar surface area (TPSA) is 64.0 Å². The first-order valence-electron chi connectivity index (χ1n) is 45.9. The molecular weight excluding hydrogens is 1580 g/mol. The van der Waals surface area contributed by atoms with E-state index < -0.39 is 6.71 Å². The molecule has 0 N–H and O–H groups in total. The van der Waals surface area contributed by atoms with Crippen LogP contribution in [-0.2, 0) is 27.1 Å². The van der Waals surface area contributed by atoms with Crippen LogP contribution in [0.15, 0.2) is 351 Å². The molecule has 0 fully saturated rings. The third-order valence-electron chi connectivity index (χ3n) is 28.1. The predicted molar refractivity (Wildman–Crippen MR) is 550 cm³/mol. The molecule has 0 saturated carbocycles. The first-order chi connectivity index (χ1) is 62.6. The molecule has 630 valence electrons. The Kier molecular flexibility index (Phi) is 17.3. The van der Waals surface area contributed by atoms with Crippen LogP contribution in [0.3, 0.4) is 0 Å². The molecule has 8 heteroatoms.